The van der Waals surface area contributed by atoms with Gasteiger partial charge in [0.25, 0.3) is 5.56 Å². The number of aryl methyl sites for hydroxylation is 3. The monoisotopic (exact) mass is 455 g/mol. The molecule has 1 aliphatic carbocycles. The number of thioether (sulfide) groups is 1. The minimum Gasteiger partial charge on any atom is -0.349 e. The van der Waals surface area contributed by atoms with Gasteiger partial charge in [-0.15, -0.1) is 11.3 Å². The first-order valence-corrected chi connectivity index (χ1v) is 13.0. The van der Waals surface area contributed by atoms with Crippen LogP contribution in [0.4, 0.5) is 0 Å². The van der Waals surface area contributed by atoms with Crippen molar-refractivity contribution in [2.75, 3.05) is 5.75 Å². The van der Waals surface area contributed by atoms with Gasteiger partial charge in [-0.3, -0.25) is 9.59 Å². The Morgan fingerprint density at radius 2 is 2.03 bits per heavy atom. The van der Waals surface area contributed by atoms with E-state index in [9.17, 15) is 9.59 Å². The number of amides is 1. The van der Waals surface area contributed by atoms with E-state index in [0.717, 1.165) is 41.5 Å². The number of aromatic amines is 1. The average molecular weight is 456 g/mol. The highest BCUT2D eigenvalue weighted by molar-refractivity contribution is 7.98. The van der Waals surface area contributed by atoms with Crippen molar-refractivity contribution in [3.8, 4) is 0 Å². The first-order valence-electron chi connectivity index (χ1n) is 11.0. The van der Waals surface area contributed by atoms with Gasteiger partial charge in [0.05, 0.1) is 17.2 Å². The van der Waals surface area contributed by atoms with E-state index in [1.165, 1.54) is 22.4 Å². The summed E-state index contributed by atoms with van der Waals surface area (Å²) >= 11 is 3.31. The second-order valence-electron chi connectivity index (χ2n) is 8.15. The van der Waals surface area contributed by atoms with E-state index in [0.29, 0.717) is 23.8 Å². The summed E-state index contributed by atoms with van der Waals surface area (Å²) in [4.78, 5) is 34.9. The highest BCUT2D eigenvalue weighted by Gasteiger charge is 2.19. The van der Waals surface area contributed by atoms with Crippen molar-refractivity contribution in [2.24, 2.45) is 0 Å². The summed E-state index contributed by atoms with van der Waals surface area (Å²) in [5.74, 6) is 2.06. The Hall–Kier alpha value is -2.12. The maximum atomic E-state index is 12.6. The summed E-state index contributed by atoms with van der Waals surface area (Å²) in [6.45, 7) is 4.15. The fraction of sp³-hybridized carbons (Fsp3) is 0.458. The third-order valence-electron chi connectivity index (χ3n) is 5.81. The van der Waals surface area contributed by atoms with Crippen LogP contribution >= 0.6 is 23.1 Å². The van der Waals surface area contributed by atoms with E-state index in [4.69, 9.17) is 4.98 Å². The summed E-state index contributed by atoms with van der Waals surface area (Å²) in [5, 5.41) is 3.94. The van der Waals surface area contributed by atoms with Crippen LogP contribution in [0.15, 0.2) is 29.1 Å². The van der Waals surface area contributed by atoms with Crippen LogP contribution in [-0.2, 0) is 23.4 Å². The molecule has 1 aromatic carbocycles. The second-order valence-corrected chi connectivity index (χ2v) is 10.3. The maximum Gasteiger partial charge on any atom is 0.259 e. The Morgan fingerprint density at radius 1 is 1.26 bits per heavy atom. The van der Waals surface area contributed by atoms with Crippen LogP contribution < -0.4 is 10.9 Å². The minimum atomic E-state index is -0.0124. The van der Waals surface area contributed by atoms with Crippen LogP contribution in [0.1, 0.15) is 66.0 Å². The average Bonchev–Trinajstić information content (AvgIpc) is 3.14. The highest BCUT2D eigenvalue weighted by Crippen LogP contribution is 2.33. The number of nitrogens with zero attached hydrogens (tertiary/aromatic N) is 1. The molecule has 4 rings (SSSR count). The Kier molecular flexibility index (Phi) is 7.13. The van der Waals surface area contributed by atoms with Gasteiger partial charge in [-0.2, -0.15) is 11.8 Å². The van der Waals surface area contributed by atoms with Crippen molar-refractivity contribution in [2.45, 2.75) is 64.2 Å². The van der Waals surface area contributed by atoms with Crippen molar-refractivity contribution in [1.29, 1.82) is 0 Å². The minimum absolute atomic E-state index is 0.0124. The van der Waals surface area contributed by atoms with Crippen LogP contribution in [0, 0.1) is 6.92 Å². The van der Waals surface area contributed by atoms with E-state index in [1.54, 1.807) is 23.1 Å². The lowest BCUT2D eigenvalue weighted by atomic mass is 9.97. The lowest BCUT2D eigenvalue weighted by Crippen LogP contribution is -2.28. The predicted octanol–water partition coefficient (Wildman–Crippen LogP) is 5.06. The molecule has 0 aliphatic heterocycles. The zero-order chi connectivity index (χ0) is 21.8. The topological polar surface area (TPSA) is 74.8 Å². The van der Waals surface area contributed by atoms with Gasteiger partial charge in [0.1, 0.15) is 10.7 Å². The van der Waals surface area contributed by atoms with Gasteiger partial charge in [-0.25, -0.2) is 4.98 Å². The second kappa shape index (κ2) is 10.0. The lowest BCUT2D eigenvalue weighted by Gasteiger charge is -2.17. The number of thiophene rings is 1. The Labute approximate surface area is 191 Å². The van der Waals surface area contributed by atoms with Gasteiger partial charge in [-0.05, 0) is 50.2 Å². The number of rotatable bonds is 8. The smallest absolute Gasteiger partial charge is 0.259 e. The van der Waals surface area contributed by atoms with Crippen LogP contribution in [0.25, 0.3) is 10.2 Å². The number of aromatic nitrogens is 2. The van der Waals surface area contributed by atoms with Crippen molar-refractivity contribution in [3.63, 3.8) is 0 Å². The molecule has 164 valence electrons. The molecule has 1 aliphatic rings. The molecular formula is C24H29N3O2S2. The number of benzene rings is 1. The molecule has 0 spiro atoms. The Bertz CT molecular complexity index is 1120. The zero-order valence-electron chi connectivity index (χ0n) is 18.1. The summed E-state index contributed by atoms with van der Waals surface area (Å²) < 4.78 is 0. The first-order chi connectivity index (χ1) is 15.0. The number of fused-ring (bicyclic) bond motifs is 3. The summed E-state index contributed by atoms with van der Waals surface area (Å²) in [5.41, 5.74) is 3.56. The summed E-state index contributed by atoms with van der Waals surface area (Å²) in [7, 11) is 0. The number of H-pyrrole nitrogens is 1. The fourth-order valence-electron chi connectivity index (χ4n) is 4.10. The Morgan fingerprint density at radius 3 is 2.81 bits per heavy atom. The standard InChI is InChI=1S/C24H29N3O2S2/c1-3-18(16-10-8-15(2)9-11-16)25-21(28)12-13-30-14-20-26-23(29)22-17-6-4-5-7-19(17)31-24(22)27-20/h8-11,18H,3-7,12-14H2,1-2H3,(H,25,28)(H,26,27,29). The van der Waals surface area contributed by atoms with E-state index >= 15 is 0 Å². The van der Waals surface area contributed by atoms with Gasteiger partial charge in [0.2, 0.25) is 5.91 Å². The van der Waals surface area contributed by atoms with E-state index in [-0.39, 0.29) is 17.5 Å². The molecule has 5 nitrogen and oxygen atoms in total. The van der Waals surface area contributed by atoms with E-state index in [2.05, 4.69) is 48.4 Å². The molecular weight excluding hydrogens is 426 g/mol. The van der Waals surface area contributed by atoms with E-state index < -0.39 is 0 Å². The molecule has 2 N–H and O–H groups in total. The van der Waals surface area contributed by atoms with Crippen LogP contribution in [0.5, 0.6) is 0 Å². The van der Waals surface area contributed by atoms with Crippen molar-refractivity contribution in [3.05, 3.63) is 62.0 Å². The molecule has 1 atom stereocenters. The number of carbonyl (C=O) groups is 1. The first kappa shape index (κ1) is 22.1. The third-order valence-corrected chi connectivity index (χ3v) is 7.97. The molecule has 3 aromatic rings. The van der Waals surface area contributed by atoms with Gasteiger partial charge in [0, 0.05) is 17.1 Å². The Balaban J connectivity index is 1.30. The van der Waals surface area contributed by atoms with Gasteiger partial charge >= 0.3 is 0 Å². The largest absolute Gasteiger partial charge is 0.349 e. The molecule has 1 unspecified atom stereocenters. The quantitative estimate of drug-likeness (QED) is 0.466. The normalized spacial score (nSPS) is 14.4. The number of hydrogen-bond donors (Lipinski definition) is 2. The number of carbonyl (C=O) groups excluding carboxylic acids is 1. The SMILES string of the molecule is CCC(NC(=O)CCSCc1nc2sc3c(c2c(=O)[nH]1)CCCC3)c1ccc(C)cc1. The highest BCUT2D eigenvalue weighted by atomic mass is 32.2. The summed E-state index contributed by atoms with van der Waals surface area (Å²) in [6.07, 6.45) is 5.72. The van der Waals surface area contributed by atoms with Crippen LogP contribution in [0.2, 0.25) is 0 Å². The predicted molar refractivity (Wildman–Crippen MR) is 130 cm³/mol. The van der Waals surface area contributed by atoms with Crippen molar-refractivity contribution >= 4 is 39.2 Å². The van der Waals surface area contributed by atoms with Crippen molar-refractivity contribution in [1.82, 2.24) is 15.3 Å². The van der Waals surface area contributed by atoms with Gasteiger partial charge < -0.3 is 10.3 Å². The molecule has 0 saturated carbocycles. The molecule has 0 bridgehead atoms. The number of hydrogen-bond acceptors (Lipinski definition) is 5. The molecule has 2 aromatic heterocycles. The molecule has 31 heavy (non-hydrogen) atoms. The zero-order valence-corrected chi connectivity index (χ0v) is 19.8. The van der Waals surface area contributed by atoms with Gasteiger partial charge in [-0.1, -0.05) is 36.8 Å². The third kappa shape index (κ3) is 5.21. The molecule has 0 radical (unpaired) electrons. The molecule has 7 heteroatoms. The fourth-order valence-corrected chi connectivity index (χ4v) is 6.18. The molecule has 0 saturated heterocycles. The summed E-state index contributed by atoms with van der Waals surface area (Å²) in [6, 6.07) is 8.37. The number of nitrogens with one attached hydrogen (secondary N) is 2. The molecule has 2 heterocycles. The lowest BCUT2D eigenvalue weighted by molar-refractivity contribution is -0.121. The molecule has 0 fully saturated rings. The van der Waals surface area contributed by atoms with E-state index in [1.807, 2.05) is 0 Å². The van der Waals surface area contributed by atoms with Crippen LogP contribution in [-0.4, -0.2) is 21.6 Å². The molecule has 1 amide bonds. The van der Waals surface area contributed by atoms with Crippen LogP contribution in [0.3, 0.4) is 0 Å². The van der Waals surface area contributed by atoms with Gasteiger partial charge in [0.15, 0.2) is 0 Å². The van der Waals surface area contributed by atoms with Crippen molar-refractivity contribution < 1.29 is 4.79 Å². The maximum absolute atomic E-state index is 12.6.